The lowest BCUT2D eigenvalue weighted by Crippen LogP contribution is -2.36. The number of amides is 1. The lowest BCUT2D eigenvalue weighted by Gasteiger charge is -2.13. The van der Waals surface area contributed by atoms with E-state index in [0.29, 0.717) is 6.42 Å². The zero-order chi connectivity index (χ0) is 15.1. The fourth-order valence-electron chi connectivity index (χ4n) is 1.84. The van der Waals surface area contributed by atoms with E-state index in [1.165, 1.54) is 11.0 Å². The summed E-state index contributed by atoms with van der Waals surface area (Å²) in [5.41, 5.74) is 0.916. The quantitative estimate of drug-likeness (QED) is 0.726. The molecule has 0 saturated heterocycles. The van der Waals surface area contributed by atoms with Crippen LogP contribution in [0.15, 0.2) is 36.7 Å². The second-order valence-corrected chi connectivity index (χ2v) is 4.54. The Kier molecular flexibility index (Phi) is 4.97. The SMILES string of the molecule is O=C(Cn1cnnn1)NCC(Cc1ccccc1)C(=O)O. The van der Waals surface area contributed by atoms with E-state index in [-0.39, 0.29) is 19.0 Å². The number of carboxylic acid groups (broad SMARTS) is 1. The maximum Gasteiger partial charge on any atom is 0.308 e. The second kappa shape index (κ2) is 7.13. The zero-order valence-electron chi connectivity index (χ0n) is 11.2. The minimum absolute atomic E-state index is 0.0370. The standard InChI is InChI=1S/C13H15N5O3/c19-12(8-18-9-15-16-17-18)14-7-11(13(20)21)6-10-4-2-1-3-5-10/h1-5,9,11H,6-8H2,(H,14,19)(H,20,21). The summed E-state index contributed by atoms with van der Waals surface area (Å²) in [5.74, 6) is -1.95. The van der Waals surface area contributed by atoms with E-state index >= 15 is 0 Å². The van der Waals surface area contributed by atoms with Crippen LogP contribution in [-0.2, 0) is 22.6 Å². The van der Waals surface area contributed by atoms with Gasteiger partial charge in [-0.3, -0.25) is 9.59 Å². The Labute approximate surface area is 120 Å². The molecule has 1 heterocycles. The normalized spacial score (nSPS) is 11.8. The van der Waals surface area contributed by atoms with Gasteiger partial charge in [-0.1, -0.05) is 30.3 Å². The van der Waals surface area contributed by atoms with Crippen LogP contribution in [0, 0.1) is 5.92 Å². The molecule has 0 spiro atoms. The summed E-state index contributed by atoms with van der Waals surface area (Å²) in [6, 6.07) is 9.29. The lowest BCUT2D eigenvalue weighted by molar-refractivity contribution is -0.141. The molecule has 2 aromatic rings. The molecule has 8 nitrogen and oxygen atoms in total. The van der Waals surface area contributed by atoms with E-state index in [2.05, 4.69) is 20.8 Å². The predicted octanol–water partition coefficient (Wildman–Crippen LogP) is -0.267. The Morgan fingerprint density at radius 3 is 2.67 bits per heavy atom. The first-order chi connectivity index (χ1) is 10.1. The molecule has 0 saturated carbocycles. The van der Waals surface area contributed by atoms with Crippen molar-refractivity contribution in [2.45, 2.75) is 13.0 Å². The van der Waals surface area contributed by atoms with Crippen molar-refractivity contribution in [3.63, 3.8) is 0 Å². The third kappa shape index (κ3) is 4.68. The number of tetrazole rings is 1. The Bertz CT molecular complexity index is 585. The number of rotatable bonds is 7. The number of carbonyl (C=O) groups is 2. The van der Waals surface area contributed by atoms with Gasteiger partial charge in [0.2, 0.25) is 5.91 Å². The van der Waals surface area contributed by atoms with E-state index in [9.17, 15) is 14.7 Å². The number of benzene rings is 1. The molecule has 110 valence electrons. The summed E-state index contributed by atoms with van der Waals surface area (Å²) in [6.45, 7) is 0.0237. The zero-order valence-corrected chi connectivity index (χ0v) is 11.2. The monoisotopic (exact) mass is 289 g/mol. The van der Waals surface area contributed by atoms with Crippen LogP contribution in [0.25, 0.3) is 0 Å². The summed E-state index contributed by atoms with van der Waals surface area (Å²) in [5, 5.41) is 22.2. The van der Waals surface area contributed by atoms with Gasteiger partial charge in [-0.25, -0.2) is 4.68 Å². The molecule has 0 aliphatic rings. The molecule has 0 radical (unpaired) electrons. The maximum absolute atomic E-state index is 11.7. The number of carbonyl (C=O) groups excluding carboxylic acids is 1. The number of hydrogen-bond acceptors (Lipinski definition) is 5. The van der Waals surface area contributed by atoms with Crippen LogP contribution >= 0.6 is 0 Å². The number of nitrogens with one attached hydrogen (secondary N) is 1. The van der Waals surface area contributed by atoms with Gasteiger partial charge in [0.15, 0.2) is 0 Å². The lowest BCUT2D eigenvalue weighted by atomic mass is 9.99. The van der Waals surface area contributed by atoms with Crippen molar-refractivity contribution in [3.8, 4) is 0 Å². The Morgan fingerprint density at radius 2 is 2.05 bits per heavy atom. The van der Waals surface area contributed by atoms with E-state index in [1.54, 1.807) is 0 Å². The molecule has 21 heavy (non-hydrogen) atoms. The molecule has 1 aromatic carbocycles. The molecular formula is C13H15N5O3. The number of carboxylic acids is 1. The molecule has 0 fully saturated rings. The van der Waals surface area contributed by atoms with Crippen LogP contribution in [-0.4, -0.2) is 43.7 Å². The van der Waals surface area contributed by atoms with E-state index < -0.39 is 11.9 Å². The summed E-state index contributed by atoms with van der Waals surface area (Å²) in [6.07, 6.45) is 1.68. The van der Waals surface area contributed by atoms with Crippen molar-refractivity contribution in [1.82, 2.24) is 25.5 Å². The summed E-state index contributed by atoms with van der Waals surface area (Å²) in [7, 11) is 0. The van der Waals surface area contributed by atoms with Gasteiger partial charge in [0, 0.05) is 6.54 Å². The highest BCUT2D eigenvalue weighted by Gasteiger charge is 2.19. The van der Waals surface area contributed by atoms with Crippen LogP contribution in [0.4, 0.5) is 0 Å². The Morgan fingerprint density at radius 1 is 1.29 bits per heavy atom. The van der Waals surface area contributed by atoms with E-state index in [1.807, 2.05) is 30.3 Å². The molecule has 2 rings (SSSR count). The topological polar surface area (TPSA) is 110 Å². The van der Waals surface area contributed by atoms with Crippen molar-refractivity contribution in [3.05, 3.63) is 42.2 Å². The highest BCUT2D eigenvalue weighted by molar-refractivity contribution is 5.77. The van der Waals surface area contributed by atoms with Gasteiger partial charge in [0.05, 0.1) is 5.92 Å². The van der Waals surface area contributed by atoms with Crippen LogP contribution in [0.2, 0.25) is 0 Å². The fourth-order valence-corrected chi connectivity index (χ4v) is 1.84. The van der Waals surface area contributed by atoms with Crippen LogP contribution in [0.1, 0.15) is 5.56 Å². The van der Waals surface area contributed by atoms with Crippen molar-refractivity contribution in [1.29, 1.82) is 0 Å². The van der Waals surface area contributed by atoms with Crippen molar-refractivity contribution >= 4 is 11.9 Å². The van der Waals surface area contributed by atoms with Crippen molar-refractivity contribution in [2.75, 3.05) is 6.54 Å². The number of hydrogen-bond donors (Lipinski definition) is 2. The fraction of sp³-hybridized carbons (Fsp3) is 0.308. The minimum Gasteiger partial charge on any atom is -0.481 e. The molecule has 0 aliphatic carbocycles. The third-order valence-electron chi connectivity index (χ3n) is 2.92. The number of nitrogens with zero attached hydrogens (tertiary/aromatic N) is 4. The third-order valence-corrected chi connectivity index (χ3v) is 2.92. The van der Waals surface area contributed by atoms with Gasteiger partial charge in [-0.05, 0) is 22.4 Å². The van der Waals surface area contributed by atoms with Crippen LogP contribution in [0.5, 0.6) is 0 Å². The van der Waals surface area contributed by atoms with Gasteiger partial charge in [-0.15, -0.1) is 5.10 Å². The number of aliphatic carboxylic acids is 1. The maximum atomic E-state index is 11.7. The first-order valence-corrected chi connectivity index (χ1v) is 6.39. The van der Waals surface area contributed by atoms with Crippen molar-refractivity contribution in [2.24, 2.45) is 5.92 Å². The molecule has 2 N–H and O–H groups in total. The largest absolute Gasteiger partial charge is 0.481 e. The summed E-state index contributed by atoms with van der Waals surface area (Å²) < 4.78 is 1.27. The smallest absolute Gasteiger partial charge is 0.308 e. The molecular weight excluding hydrogens is 274 g/mol. The van der Waals surface area contributed by atoms with Gasteiger partial charge in [0.1, 0.15) is 12.9 Å². The highest BCUT2D eigenvalue weighted by Crippen LogP contribution is 2.08. The van der Waals surface area contributed by atoms with Crippen LogP contribution in [0.3, 0.4) is 0 Å². The number of aromatic nitrogens is 4. The molecule has 8 heteroatoms. The Balaban J connectivity index is 1.85. The Hall–Kier alpha value is -2.77. The van der Waals surface area contributed by atoms with Crippen molar-refractivity contribution < 1.29 is 14.7 Å². The molecule has 0 aliphatic heterocycles. The average Bonchev–Trinajstić information content (AvgIpc) is 2.97. The van der Waals surface area contributed by atoms with Gasteiger partial charge < -0.3 is 10.4 Å². The van der Waals surface area contributed by atoms with E-state index in [0.717, 1.165) is 5.56 Å². The summed E-state index contributed by atoms with van der Waals surface area (Å²) >= 11 is 0. The van der Waals surface area contributed by atoms with E-state index in [4.69, 9.17) is 0 Å². The first kappa shape index (κ1) is 14.6. The molecule has 1 unspecified atom stereocenters. The van der Waals surface area contributed by atoms with Gasteiger partial charge in [0.25, 0.3) is 0 Å². The highest BCUT2D eigenvalue weighted by atomic mass is 16.4. The second-order valence-electron chi connectivity index (χ2n) is 4.54. The van der Waals surface area contributed by atoms with Crippen LogP contribution < -0.4 is 5.32 Å². The van der Waals surface area contributed by atoms with Gasteiger partial charge in [-0.2, -0.15) is 0 Å². The molecule has 1 amide bonds. The minimum atomic E-state index is -0.943. The molecule has 0 bridgehead atoms. The predicted molar refractivity (Wildman–Crippen MR) is 72.1 cm³/mol. The summed E-state index contributed by atoms with van der Waals surface area (Å²) in [4.78, 5) is 22.9. The molecule has 1 atom stereocenters. The average molecular weight is 289 g/mol. The van der Waals surface area contributed by atoms with Gasteiger partial charge >= 0.3 is 5.97 Å². The first-order valence-electron chi connectivity index (χ1n) is 6.39. The molecule has 1 aromatic heterocycles.